The van der Waals surface area contributed by atoms with E-state index in [2.05, 4.69) is 31.0 Å². The average molecular weight is 205 g/mol. The molecule has 1 aromatic heterocycles. The second-order valence-electron chi connectivity index (χ2n) is 3.56. The molecule has 0 amide bonds. The van der Waals surface area contributed by atoms with Gasteiger partial charge in [0.1, 0.15) is 5.58 Å². The summed E-state index contributed by atoms with van der Waals surface area (Å²) in [6.45, 7) is 2.19. The lowest BCUT2D eigenvalue weighted by Gasteiger charge is -2.16. The molecule has 0 N–H and O–H groups in total. The lowest BCUT2D eigenvalue weighted by atomic mass is 10.2. The summed E-state index contributed by atoms with van der Waals surface area (Å²) in [6, 6.07) is 8.20. The largest absolute Gasteiger partial charge is 0.448 e. The van der Waals surface area contributed by atoms with Crippen LogP contribution in [0.2, 0.25) is 0 Å². The number of rotatable bonds is 0. The van der Waals surface area contributed by atoms with Gasteiger partial charge in [-0.1, -0.05) is 23.9 Å². The quantitative estimate of drug-likeness (QED) is 0.656. The van der Waals surface area contributed by atoms with Crippen molar-refractivity contribution in [2.24, 2.45) is 0 Å². The molecule has 14 heavy (non-hydrogen) atoms. The molecule has 0 saturated heterocycles. The molecule has 1 unspecified atom stereocenters. The zero-order valence-corrected chi connectivity index (χ0v) is 8.97. The van der Waals surface area contributed by atoms with E-state index in [0.717, 1.165) is 10.7 Å². The Morgan fingerprint density at radius 3 is 3.00 bits per heavy atom. The first-order chi connectivity index (χ1) is 6.77. The van der Waals surface area contributed by atoms with Crippen LogP contribution in [0.25, 0.3) is 11.0 Å². The van der Waals surface area contributed by atoms with E-state index in [0.29, 0.717) is 5.37 Å². The fraction of sp³-hybridized carbons (Fsp3) is 0.273. The van der Waals surface area contributed by atoms with Crippen molar-refractivity contribution in [3.8, 4) is 0 Å². The summed E-state index contributed by atoms with van der Waals surface area (Å²) in [5.74, 6) is 0. The maximum absolute atomic E-state index is 5.77. The maximum Gasteiger partial charge on any atom is 0.186 e. The Labute approximate surface area is 86.9 Å². The van der Waals surface area contributed by atoms with Gasteiger partial charge in [0.25, 0.3) is 0 Å². The Balaban J connectivity index is 2.32. The van der Waals surface area contributed by atoms with E-state index in [-0.39, 0.29) is 0 Å². The van der Waals surface area contributed by atoms with Gasteiger partial charge < -0.3 is 9.32 Å². The number of thioether (sulfide) groups is 1. The number of para-hydroxylation sites is 1. The van der Waals surface area contributed by atoms with E-state index >= 15 is 0 Å². The molecule has 1 aromatic carbocycles. The van der Waals surface area contributed by atoms with E-state index in [9.17, 15) is 0 Å². The molecule has 0 radical (unpaired) electrons. The predicted molar refractivity (Wildman–Crippen MR) is 59.9 cm³/mol. The van der Waals surface area contributed by atoms with Gasteiger partial charge in [0.2, 0.25) is 0 Å². The van der Waals surface area contributed by atoms with Crippen LogP contribution in [-0.4, -0.2) is 12.4 Å². The van der Waals surface area contributed by atoms with E-state index in [1.165, 1.54) is 11.1 Å². The molecule has 72 valence electrons. The van der Waals surface area contributed by atoms with Gasteiger partial charge in [0.15, 0.2) is 5.09 Å². The first-order valence-corrected chi connectivity index (χ1v) is 5.56. The van der Waals surface area contributed by atoms with Crippen LogP contribution >= 0.6 is 11.8 Å². The molecule has 2 heterocycles. The van der Waals surface area contributed by atoms with Crippen LogP contribution < -0.4 is 4.90 Å². The monoisotopic (exact) mass is 205 g/mol. The Kier molecular flexibility index (Phi) is 1.59. The minimum absolute atomic E-state index is 0.480. The molecule has 2 nitrogen and oxygen atoms in total. The van der Waals surface area contributed by atoms with E-state index in [1.807, 2.05) is 12.1 Å². The number of hydrogen-bond acceptors (Lipinski definition) is 3. The van der Waals surface area contributed by atoms with Crippen molar-refractivity contribution < 1.29 is 4.42 Å². The van der Waals surface area contributed by atoms with Gasteiger partial charge in [-0.2, -0.15) is 0 Å². The normalized spacial score (nSPS) is 20.4. The lowest BCUT2D eigenvalue weighted by molar-refractivity contribution is 0.519. The molecule has 0 bridgehead atoms. The van der Waals surface area contributed by atoms with E-state index < -0.39 is 0 Å². The highest BCUT2D eigenvalue weighted by Gasteiger charge is 2.29. The molecule has 3 rings (SSSR count). The third-order valence-electron chi connectivity index (χ3n) is 2.71. The van der Waals surface area contributed by atoms with Crippen LogP contribution in [0.3, 0.4) is 0 Å². The number of furan rings is 1. The van der Waals surface area contributed by atoms with Gasteiger partial charge in [-0.25, -0.2) is 0 Å². The molecule has 0 aliphatic carbocycles. The van der Waals surface area contributed by atoms with Crippen LogP contribution in [-0.2, 0) is 0 Å². The summed E-state index contributed by atoms with van der Waals surface area (Å²) in [7, 11) is 2.12. The smallest absolute Gasteiger partial charge is 0.186 e. The number of benzene rings is 1. The minimum atomic E-state index is 0.480. The number of fused-ring (bicyclic) bond motifs is 3. The van der Waals surface area contributed by atoms with Crippen LogP contribution in [0.15, 0.2) is 33.8 Å². The van der Waals surface area contributed by atoms with Crippen molar-refractivity contribution in [2.75, 3.05) is 11.9 Å². The van der Waals surface area contributed by atoms with Gasteiger partial charge >= 0.3 is 0 Å². The number of hydrogen-bond donors (Lipinski definition) is 0. The summed E-state index contributed by atoms with van der Waals surface area (Å²) in [6.07, 6.45) is 0. The topological polar surface area (TPSA) is 16.4 Å². The van der Waals surface area contributed by atoms with Crippen molar-refractivity contribution in [2.45, 2.75) is 17.4 Å². The Bertz CT molecular complexity index is 491. The summed E-state index contributed by atoms with van der Waals surface area (Å²) < 4.78 is 5.77. The Morgan fingerprint density at radius 2 is 2.14 bits per heavy atom. The zero-order chi connectivity index (χ0) is 9.71. The fourth-order valence-corrected chi connectivity index (χ4v) is 2.92. The molecule has 0 spiro atoms. The number of nitrogens with zero attached hydrogens (tertiary/aromatic N) is 1. The standard InChI is InChI=1S/C11H11NOS/c1-7-12(2)10-8-5-3-4-6-9(8)13-11(10)14-7/h3-7H,1-2H3. The van der Waals surface area contributed by atoms with E-state index in [4.69, 9.17) is 4.42 Å². The molecule has 1 aliphatic heterocycles. The summed E-state index contributed by atoms with van der Waals surface area (Å²) in [5.41, 5.74) is 2.24. The molecule has 1 aliphatic rings. The Hall–Kier alpha value is -1.09. The van der Waals surface area contributed by atoms with E-state index in [1.54, 1.807) is 11.8 Å². The molecule has 1 atom stereocenters. The van der Waals surface area contributed by atoms with Gasteiger partial charge in [-0.3, -0.25) is 0 Å². The zero-order valence-electron chi connectivity index (χ0n) is 8.15. The van der Waals surface area contributed by atoms with Crippen LogP contribution in [0.5, 0.6) is 0 Å². The molecular weight excluding hydrogens is 194 g/mol. The second-order valence-corrected chi connectivity index (χ2v) is 4.85. The highest BCUT2D eigenvalue weighted by molar-refractivity contribution is 8.00. The van der Waals surface area contributed by atoms with Crippen LogP contribution in [0, 0.1) is 0 Å². The summed E-state index contributed by atoms with van der Waals surface area (Å²) in [5, 5.41) is 2.76. The van der Waals surface area contributed by atoms with Crippen molar-refractivity contribution >= 4 is 28.4 Å². The van der Waals surface area contributed by atoms with Gasteiger partial charge in [0, 0.05) is 12.4 Å². The fourth-order valence-electron chi connectivity index (χ4n) is 1.84. The molecule has 3 heteroatoms. The third kappa shape index (κ3) is 0.932. The van der Waals surface area contributed by atoms with Crippen molar-refractivity contribution in [3.05, 3.63) is 24.3 Å². The Morgan fingerprint density at radius 1 is 1.36 bits per heavy atom. The van der Waals surface area contributed by atoms with Crippen molar-refractivity contribution in [1.82, 2.24) is 0 Å². The van der Waals surface area contributed by atoms with Crippen LogP contribution in [0.4, 0.5) is 5.69 Å². The molecule has 0 saturated carbocycles. The first-order valence-electron chi connectivity index (χ1n) is 4.68. The van der Waals surface area contributed by atoms with Crippen molar-refractivity contribution in [1.29, 1.82) is 0 Å². The van der Waals surface area contributed by atoms with Gasteiger partial charge in [-0.05, 0) is 19.1 Å². The highest BCUT2D eigenvalue weighted by atomic mass is 32.2. The van der Waals surface area contributed by atoms with Crippen molar-refractivity contribution in [3.63, 3.8) is 0 Å². The average Bonchev–Trinajstić information content (AvgIpc) is 2.65. The molecule has 2 aromatic rings. The molecular formula is C11H11NOS. The number of anilines is 1. The first kappa shape index (κ1) is 8.24. The van der Waals surface area contributed by atoms with Gasteiger partial charge in [-0.15, -0.1) is 0 Å². The minimum Gasteiger partial charge on any atom is -0.448 e. The molecule has 0 fully saturated rings. The summed E-state index contributed by atoms with van der Waals surface area (Å²) >= 11 is 1.78. The van der Waals surface area contributed by atoms with Crippen LogP contribution in [0.1, 0.15) is 6.92 Å². The highest BCUT2D eigenvalue weighted by Crippen LogP contribution is 2.48. The summed E-state index contributed by atoms with van der Waals surface area (Å²) in [4.78, 5) is 2.27. The lowest BCUT2D eigenvalue weighted by Crippen LogP contribution is -2.20. The maximum atomic E-state index is 5.77. The predicted octanol–water partition coefficient (Wildman–Crippen LogP) is 3.32. The second kappa shape index (κ2) is 2.70. The van der Waals surface area contributed by atoms with Gasteiger partial charge in [0.05, 0.1) is 11.1 Å². The SMILES string of the molecule is CC1Sc2oc3ccccc3c2N1C. The third-order valence-corrected chi connectivity index (χ3v) is 3.86.